The molecule has 1 aromatic carbocycles. The van der Waals surface area contributed by atoms with Gasteiger partial charge in [-0.15, -0.1) is 0 Å². The van der Waals surface area contributed by atoms with Crippen LogP contribution < -0.4 is 11.2 Å². The van der Waals surface area contributed by atoms with Gasteiger partial charge in [0.15, 0.2) is 5.11 Å². The fourth-order valence-electron chi connectivity index (χ4n) is 0.895. The monoisotopic (exact) mass is 211 g/mol. The number of nitrogens with zero attached hydrogens (tertiary/aromatic N) is 1. The highest BCUT2D eigenvalue weighted by Gasteiger charge is 1.97. The second-order valence-electron chi connectivity index (χ2n) is 2.68. The van der Waals surface area contributed by atoms with E-state index in [0.717, 1.165) is 5.56 Å². The Balaban J connectivity index is 2.78. The summed E-state index contributed by atoms with van der Waals surface area (Å²) >= 11 is 4.58. The Kier molecular flexibility index (Phi) is 3.53. The minimum atomic E-state index is -0.274. The van der Waals surface area contributed by atoms with E-state index in [1.165, 1.54) is 12.1 Å². The molecule has 0 spiro atoms. The van der Waals surface area contributed by atoms with Gasteiger partial charge in [0.25, 0.3) is 0 Å². The zero-order valence-electron chi connectivity index (χ0n) is 7.62. The van der Waals surface area contributed by atoms with Crippen LogP contribution in [0, 0.1) is 5.82 Å². The Hall–Kier alpha value is -1.49. The highest BCUT2D eigenvalue weighted by Crippen LogP contribution is 2.03. The molecule has 5 heteroatoms. The average molecular weight is 211 g/mol. The van der Waals surface area contributed by atoms with Gasteiger partial charge in [0, 0.05) is 0 Å². The lowest BCUT2D eigenvalue weighted by molar-refractivity contribution is 0.628. The molecule has 0 amide bonds. The number of hydrogen-bond donors (Lipinski definition) is 2. The normalized spacial score (nSPS) is 11.1. The van der Waals surface area contributed by atoms with Crippen molar-refractivity contribution in [3.63, 3.8) is 0 Å². The molecule has 14 heavy (non-hydrogen) atoms. The fourth-order valence-corrected chi connectivity index (χ4v) is 0.940. The number of benzene rings is 1. The topological polar surface area (TPSA) is 50.4 Å². The van der Waals surface area contributed by atoms with Crippen LogP contribution in [0.4, 0.5) is 4.39 Å². The summed E-state index contributed by atoms with van der Waals surface area (Å²) in [6.07, 6.45) is 0. The quantitative estimate of drug-likeness (QED) is 0.441. The van der Waals surface area contributed by atoms with E-state index in [0.29, 0.717) is 5.71 Å². The first-order valence-electron chi connectivity index (χ1n) is 3.95. The van der Waals surface area contributed by atoms with E-state index >= 15 is 0 Å². The van der Waals surface area contributed by atoms with Crippen LogP contribution in [-0.2, 0) is 0 Å². The second-order valence-corrected chi connectivity index (χ2v) is 3.12. The van der Waals surface area contributed by atoms with E-state index < -0.39 is 0 Å². The number of nitrogens with two attached hydrogens (primary N) is 1. The first kappa shape index (κ1) is 10.6. The van der Waals surface area contributed by atoms with Gasteiger partial charge < -0.3 is 5.73 Å². The van der Waals surface area contributed by atoms with Crippen LogP contribution in [0.1, 0.15) is 12.5 Å². The third-order valence-corrected chi connectivity index (χ3v) is 1.69. The van der Waals surface area contributed by atoms with Gasteiger partial charge in [-0.1, -0.05) is 12.1 Å². The molecular weight excluding hydrogens is 201 g/mol. The van der Waals surface area contributed by atoms with Crippen LogP contribution >= 0.6 is 12.2 Å². The Morgan fingerprint density at radius 2 is 2.00 bits per heavy atom. The standard InChI is InChI=1S/C9H10FN3S/c1-6(12-13-9(11)14)7-2-4-8(10)5-3-7/h2-5H,1H3,(H3,11,13,14)/b12-6+. The Morgan fingerprint density at radius 3 is 2.50 bits per heavy atom. The maximum atomic E-state index is 12.6. The van der Waals surface area contributed by atoms with Crippen LogP contribution in [-0.4, -0.2) is 10.8 Å². The van der Waals surface area contributed by atoms with Crippen molar-refractivity contribution in [2.75, 3.05) is 0 Å². The largest absolute Gasteiger partial charge is 0.375 e. The summed E-state index contributed by atoms with van der Waals surface area (Å²) < 4.78 is 12.6. The molecule has 0 saturated heterocycles. The molecule has 0 atom stereocenters. The summed E-state index contributed by atoms with van der Waals surface area (Å²) in [5, 5.41) is 4.00. The Morgan fingerprint density at radius 1 is 1.43 bits per heavy atom. The van der Waals surface area contributed by atoms with Crippen LogP contribution in [0.25, 0.3) is 0 Å². The molecule has 0 aliphatic heterocycles. The molecule has 0 radical (unpaired) electrons. The molecular formula is C9H10FN3S. The van der Waals surface area contributed by atoms with Gasteiger partial charge in [0.2, 0.25) is 0 Å². The predicted molar refractivity (Wildman–Crippen MR) is 58.5 cm³/mol. The number of halogens is 1. The van der Waals surface area contributed by atoms with Crippen molar-refractivity contribution < 1.29 is 4.39 Å². The number of rotatable bonds is 2. The van der Waals surface area contributed by atoms with Crippen molar-refractivity contribution in [3.05, 3.63) is 35.6 Å². The minimum absolute atomic E-state index is 0.103. The Bertz CT molecular complexity index is 359. The summed E-state index contributed by atoms with van der Waals surface area (Å²) in [7, 11) is 0. The maximum absolute atomic E-state index is 12.6. The molecule has 74 valence electrons. The van der Waals surface area contributed by atoms with Gasteiger partial charge in [0.1, 0.15) is 5.82 Å². The zero-order chi connectivity index (χ0) is 10.6. The summed E-state index contributed by atoms with van der Waals surface area (Å²) in [5.74, 6) is -0.274. The lowest BCUT2D eigenvalue weighted by Crippen LogP contribution is -2.25. The molecule has 1 aromatic rings. The van der Waals surface area contributed by atoms with Crippen LogP contribution in [0.15, 0.2) is 29.4 Å². The summed E-state index contributed by atoms with van der Waals surface area (Å²) in [6, 6.07) is 6.01. The number of thiocarbonyl (C=S) groups is 1. The minimum Gasteiger partial charge on any atom is -0.375 e. The summed E-state index contributed by atoms with van der Waals surface area (Å²) in [4.78, 5) is 0. The van der Waals surface area contributed by atoms with Gasteiger partial charge in [-0.05, 0) is 36.8 Å². The maximum Gasteiger partial charge on any atom is 0.184 e. The number of nitrogens with one attached hydrogen (secondary N) is 1. The first-order valence-corrected chi connectivity index (χ1v) is 4.36. The lowest BCUT2D eigenvalue weighted by atomic mass is 10.1. The van der Waals surface area contributed by atoms with E-state index in [-0.39, 0.29) is 10.9 Å². The predicted octanol–water partition coefficient (Wildman–Crippen LogP) is 1.38. The molecule has 1 rings (SSSR count). The zero-order valence-corrected chi connectivity index (χ0v) is 8.44. The SMILES string of the molecule is C/C(=N\NC(N)=S)c1ccc(F)cc1. The molecule has 0 heterocycles. The molecule has 0 fully saturated rings. The smallest absolute Gasteiger partial charge is 0.184 e. The third-order valence-electron chi connectivity index (χ3n) is 1.60. The third kappa shape index (κ3) is 3.10. The number of hydrogen-bond acceptors (Lipinski definition) is 2. The average Bonchev–Trinajstić information content (AvgIpc) is 2.15. The van der Waals surface area contributed by atoms with Crippen LogP contribution in [0.5, 0.6) is 0 Å². The van der Waals surface area contributed by atoms with Gasteiger partial charge in [-0.2, -0.15) is 5.10 Å². The van der Waals surface area contributed by atoms with Gasteiger partial charge >= 0.3 is 0 Å². The highest BCUT2D eigenvalue weighted by atomic mass is 32.1. The first-order chi connectivity index (χ1) is 6.59. The van der Waals surface area contributed by atoms with Crippen molar-refractivity contribution in [2.24, 2.45) is 10.8 Å². The van der Waals surface area contributed by atoms with Crippen LogP contribution in [0.2, 0.25) is 0 Å². The second kappa shape index (κ2) is 4.66. The van der Waals surface area contributed by atoms with Crippen molar-refractivity contribution in [2.45, 2.75) is 6.92 Å². The van der Waals surface area contributed by atoms with Gasteiger partial charge in [-0.3, -0.25) is 5.43 Å². The molecule has 0 unspecified atom stereocenters. The lowest BCUT2D eigenvalue weighted by Gasteiger charge is -2.01. The van der Waals surface area contributed by atoms with Crippen molar-refractivity contribution in [3.8, 4) is 0 Å². The summed E-state index contributed by atoms with van der Waals surface area (Å²) in [5.41, 5.74) is 9.17. The Labute approximate surface area is 86.8 Å². The van der Waals surface area contributed by atoms with E-state index in [4.69, 9.17) is 5.73 Å². The molecule has 0 saturated carbocycles. The molecule has 3 N–H and O–H groups in total. The molecule has 0 aliphatic rings. The van der Waals surface area contributed by atoms with Crippen molar-refractivity contribution >= 4 is 23.0 Å². The van der Waals surface area contributed by atoms with E-state index in [1.807, 2.05) is 0 Å². The molecule has 0 aromatic heterocycles. The summed E-state index contributed by atoms with van der Waals surface area (Å²) in [6.45, 7) is 1.78. The molecule has 0 bridgehead atoms. The van der Waals surface area contributed by atoms with Crippen LogP contribution in [0.3, 0.4) is 0 Å². The van der Waals surface area contributed by atoms with E-state index in [1.54, 1.807) is 19.1 Å². The van der Waals surface area contributed by atoms with Crippen molar-refractivity contribution in [1.82, 2.24) is 5.43 Å². The number of hydrazone groups is 1. The van der Waals surface area contributed by atoms with Gasteiger partial charge in [-0.25, -0.2) is 4.39 Å². The van der Waals surface area contributed by atoms with E-state index in [2.05, 4.69) is 22.7 Å². The van der Waals surface area contributed by atoms with E-state index in [9.17, 15) is 4.39 Å². The van der Waals surface area contributed by atoms with Gasteiger partial charge in [0.05, 0.1) is 5.71 Å². The highest BCUT2D eigenvalue weighted by molar-refractivity contribution is 7.80. The molecule has 0 aliphatic carbocycles. The molecule has 3 nitrogen and oxygen atoms in total. The fraction of sp³-hybridized carbons (Fsp3) is 0.111. The van der Waals surface area contributed by atoms with Crippen molar-refractivity contribution in [1.29, 1.82) is 0 Å².